The largest absolute Gasteiger partial charge is 0.490 e. The van der Waals surface area contributed by atoms with Crippen LogP contribution in [0.3, 0.4) is 0 Å². The number of fused-ring (bicyclic) bond motifs is 1. The van der Waals surface area contributed by atoms with Crippen molar-refractivity contribution in [2.24, 2.45) is 0 Å². The molecule has 118 valence electrons. The zero-order valence-electron chi connectivity index (χ0n) is 14.2. The summed E-state index contributed by atoms with van der Waals surface area (Å²) in [5, 5.41) is 0. The van der Waals surface area contributed by atoms with Crippen LogP contribution < -0.4 is 9.47 Å². The van der Waals surface area contributed by atoms with E-state index in [1.54, 1.807) is 0 Å². The van der Waals surface area contributed by atoms with Crippen LogP contribution in [0.5, 0.6) is 11.5 Å². The summed E-state index contributed by atoms with van der Waals surface area (Å²) in [5.41, 5.74) is 4.99. The van der Waals surface area contributed by atoms with Gasteiger partial charge in [0.25, 0.3) is 0 Å². The Bertz CT molecular complexity index is 506. The van der Waals surface area contributed by atoms with Crippen LogP contribution in [0, 0.1) is 13.8 Å². The van der Waals surface area contributed by atoms with E-state index < -0.39 is 0 Å². The Morgan fingerprint density at radius 2 is 1.90 bits per heavy atom. The highest BCUT2D eigenvalue weighted by Crippen LogP contribution is 2.42. The second-order valence-electron chi connectivity index (χ2n) is 5.93. The average Bonchev–Trinajstić information content (AvgIpc) is 2.45. The number of rotatable bonds is 5. The van der Waals surface area contributed by atoms with Gasteiger partial charge in [0.15, 0.2) is 6.29 Å². The van der Waals surface area contributed by atoms with Crippen molar-refractivity contribution in [2.45, 2.75) is 73.2 Å². The molecule has 0 fully saturated rings. The predicted molar refractivity (Wildman–Crippen MR) is 85.4 cm³/mol. The Labute approximate surface area is 128 Å². The molecule has 1 aromatic carbocycles. The van der Waals surface area contributed by atoms with Crippen molar-refractivity contribution < 1.29 is 14.2 Å². The molecule has 0 bridgehead atoms. The molecule has 1 aliphatic rings. The van der Waals surface area contributed by atoms with E-state index in [1.807, 2.05) is 6.92 Å². The standard InChI is InChI=1S/C18H28O3/c1-7-14-15-9-10-16(19-8-2)21-18(15)13(6)12(5)17(14)20-11(3)4/h11,16H,7-10H2,1-6H3. The molecule has 1 unspecified atom stereocenters. The first-order valence-corrected chi connectivity index (χ1v) is 8.09. The number of benzene rings is 1. The Kier molecular flexibility index (Phi) is 5.15. The molecule has 1 aromatic rings. The fraction of sp³-hybridized carbons (Fsp3) is 0.667. The van der Waals surface area contributed by atoms with Crippen LogP contribution >= 0.6 is 0 Å². The highest BCUT2D eigenvalue weighted by molar-refractivity contribution is 5.59. The first-order valence-electron chi connectivity index (χ1n) is 8.09. The van der Waals surface area contributed by atoms with E-state index in [1.165, 1.54) is 22.3 Å². The summed E-state index contributed by atoms with van der Waals surface area (Å²) in [6, 6.07) is 0. The molecule has 3 nitrogen and oxygen atoms in total. The maximum absolute atomic E-state index is 6.11. The van der Waals surface area contributed by atoms with Crippen molar-refractivity contribution in [3.8, 4) is 11.5 Å². The van der Waals surface area contributed by atoms with E-state index in [2.05, 4.69) is 34.6 Å². The second-order valence-corrected chi connectivity index (χ2v) is 5.93. The molecule has 0 aliphatic carbocycles. The van der Waals surface area contributed by atoms with Crippen LogP contribution in [0.1, 0.15) is 56.4 Å². The van der Waals surface area contributed by atoms with Crippen LogP contribution in [-0.4, -0.2) is 19.0 Å². The highest BCUT2D eigenvalue weighted by Gasteiger charge is 2.28. The minimum Gasteiger partial charge on any atom is -0.490 e. The Hall–Kier alpha value is -1.22. The van der Waals surface area contributed by atoms with Gasteiger partial charge in [-0.15, -0.1) is 0 Å². The molecule has 1 aliphatic heterocycles. The Morgan fingerprint density at radius 3 is 2.48 bits per heavy atom. The summed E-state index contributed by atoms with van der Waals surface area (Å²) in [7, 11) is 0. The van der Waals surface area contributed by atoms with Crippen molar-refractivity contribution in [3.05, 3.63) is 22.3 Å². The van der Waals surface area contributed by atoms with Gasteiger partial charge in [0.05, 0.1) is 6.10 Å². The summed E-state index contributed by atoms with van der Waals surface area (Å²) in [5.74, 6) is 2.08. The van der Waals surface area contributed by atoms with Gasteiger partial charge in [-0.25, -0.2) is 0 Å². The van der Waals surface area contributed by atoms with Gasteiger partial charge in [-0.1, -0.05) is 6.92 Å². The van der Waals surface area contributed by atoms with E-state index in [4.69, 9.17) is 14.2 Å². The normalized spacial score (nSPS) is 17.6. The number of hydrogen-bond acceptors (Lipinski definition) is 3. The van der Waals surface area contributed by atoms with E-state index in [9.17, 15) is 0 Å². The second kappa shape index (κ2) is 6.69. The first-order chi connectivity index (χ1) is 9.99. The van der Waals surface area contributed by atoms with Crippen LogP contribution in [-0.2, 0) is 17.6 Å². The first kappa shape index (κ1) is 16.2. The van der Waals surface area contributed by atoms with Gasteiger partial charge in [0.1, 0.15) is 11.5 Å². The lowest BCUT2D eigenvalue weighted by atomic mass is 9.91. The molecule has 2 rings (SSSR count). The maximum atomic E-state index is 6.11. The molecule has 21 heavy (non-hydrogen) atoms. The van der Waals surface area contributed by atoms with Crippen LogP contribution in [0.15, 0.2) is 0 Å². The van der Waals surface area contributed by atoms with Crippen molar-refractivity contribution >= 4 is 0 Å². The monoisotopic (exact) mass is 292 g/mol. The zero-order valence-corrected chi connectivity index (χ0v) is 14.2. The molecule has 0 spiro atoms. The van der Waals surface area contributed by atoms with E-state index >= 15 is 0 Å². The highest BCUT2D eigenvalue weighted by atomic mass is 16.7. The number of hydrogen-bond donors (Lipinski definition) is 0. The lowest BCUT2D eigenvalue weighted by Gasteiger charge is -2.31. The van der Waals surface area contributed by atoms with Crippen molar-refractivity contribution in [3.63, 3.8) is 0 Å². The molecule has 3 heteroatoms. The molecule has 0 N–H and O–H groups in total. The van der Waals surface area contributed by atoms with Crippen molar-refractivity contribution in [1.29, 1.82) is 0 Å². The van der Waals surface area contributed by atoms with Gasteiger partial charge in [-0.3, -0.25) is 0 Å². The van der Waals surface area contributed by atoms with E-state index in [0.717, 1.165) is 30.8 Å². The van der Waals surface area contributed by atoms with Gasteiger partial charge >= 0.3 is 0 Å². The molecular weight excluding hydrogens is 264 g/mol. The average molecular weight is 292 g/mol. The fourth-order valence-electron chi connectivity index (χ4n) is 3.02. The SMILES string of the molecule is CCOC1CCc2c(CC)c(OC(C)C)c(C)c(C)c2O1. The smallest absolute Gasteiger partial charge is 0.200 e. The zero-order chi connectivity index (χ0) is 15.6. The molecular formula is C18H28O3. The summed E-state index contributed by atoms with van der Waals surface area (Å²) >= 11 is 0. The number of ether oxygens (including phenoxy) is 3. The third-order valence-corrected chi connectivity index (χ3v) is 4.10. The van der Waals surface area contributed by atoms with Crippen molar-refractivity contribution in [2.75, 3.05) is 6.61 Å². The molecule has 1 heterocycles. The van der Waals surface area contributed by atoms with Gasteiger partial charge in [-0.05, 0) is 58.6 Å². The summed E-state index contributed by atoms with van der Waals surface area (Å²) < 4.78 is 17.9. The molecule has 0 aromatic heterocycles. The van der Waals surface area contributed by atoms with Crippen LogP contribution in [0.2, 0.25) is 0 Å². The van der Waals surface area contributed by atoms with E-state index in [0.29, 0.717) is 6.61 Å². The molecule has 0 saturated carbocycles. The van der Waals surface area contributed by atoms with Gasteiger partial charge in [0.2, 0.25) is 0 Å². The lowest BCUT2D eigenvalue weighted by Crippen LogP contribution is -2.27. The van der Waals surface area contributed by atoms with Crippen molar-refractivity contribution in [1.82, 2.24) is 0 Å². The fourth-order valence-corrected chi connectivity index (χ4v) is 3.02. The lowest BCUT2D eigenvalue weighted by molar-refractivity contribution is -0.0867. The maximum Gasteiger partial charge on any atom is 0.200 e. The quantitative estimate of drug-likeness (QED) is 0.808. The van der Waals surface area contributed by atoms with Gasteiger partial charge < -0.3 is 14.2 Å². The Morgan fingerprint density at radius 1 is 1.19 bits per heavy atom. The van der Waals surface area contributed by atoms with Crippen LogP contribution in [0.4, 0.5) is 0 Å². The summed E-state index contributed by atoms with van der Waals surface area (Å²) in [6.07, 6.45) is 2.96. The summed E-state index contributed by atoms with van der Waals surface area (Å²) in [6.45, 7) is 13.3. The molecule has 0 amide bonds. The topological polar surface area (TPSA) is 27.7 Å². The summed E-state index contributed by atoms with van der Waals surface area (Å²) in [4.78, 5) is 0. The van der Waals surface area contributed by atoms with Gasteiger partial charge in [0, 0.05) is 24.2 Å². The van der Waals surface area contributed by atoms with E-state index in [-0.39, 0.29) is 12.4 Å². The van der Waals surface area contributed by atoms with Crippen LogP contribution in [0.25, 0.3) is 0 Å². The minimum atomic E-state index is -0.109. The molecule has 0 radical (unpaired) electrons. The minimum absolute atomic E-state index is 0.109. The predicted octanol–water partition coefficient (Wildman–Crippen LogP) is 4.34. The molecule has 0 saturated heterocycles. The molecule has 1 atom stereocenters. The Balaban J connectivity index is 2.49. The van der Waals surface area contributed by atoms with Gasteiger partial charge in [-0.2, -0.15) is 0 Å². The third kappa shape index (κ3) is 3.18. The third-order valence-electron chi connectivity index (χ3n) is 4.10.